The van der Waals surface area contributed by atoms with Gasteiger partial charge in [-0.25, -0.2) is 0 Å². The van der Waals surface area contributed by atoms with E-state index in [0.717, 1.165) is 32.1 Å². The summed E-state index contributed by atoms with van der Waals surface area (Å²) in [4.78, 5) is 95.8. The van der Waals surface area contributed by atoms with E-state index in [-0.39, 0.29) is 25.4 Å². The van der Waals surface area contributed by atoms with Crippen molar-refractivity contribution in [2.45, 2.75) is 159 Å². The van der Waals surface area contributed by atoms with Crippen molar-refractivity contribution in [3.63, 3.8) is 0 Å². The molecule has 7 atom stereocenters. The number of rotatable bonds is 19. The van der Waals surface area contributed by atoms with Crippen molar-refractivity contribution in [3.05, 3.63) is 6.92 Å². The molecule has 2 aliphatic heterocycles. The number of amides is 7. The van der Waals surface area contributed by atoms with Crippen LogP contribution in [0.4, 0.5) is 0 Å². The van der Waals surface area contributed by atoms with Gasteiger partial charge >= 0.3 is 0 Å². The summed E-state index contributed by atoms with van der Waals surface area (Å²) in [5, 5.41) is 23.6. The maximum absolute atomic E-state index is 14.2. The van der Waals surface area contributed by atoms with Gasteiger partial charge in [0.15, 0.2) is 0 Å². The van der Waals surface area contributed by atoms with E-state index in [0.29, 0.717) is 76.8 Å². The summed E-state index contributed by atoms with van der Waals surface area (Å²) in [7, 11) is 0. The first-order valence-corrected chi connectivity index (χ1v) is 20.0. The molecule has 0 aromatic rings. The molecule has 3 rings (SSSR count). The van der Waals surface area contributed by atoms with E-state index in [4.69, 9.17) is 12.7 Å². The Labute approximate surface area is 320 Å². The smallest absolute Gasteiger partial charge is 0.246 e. The highest BCUT2D eigenvalue weighted by atomic mass is 16.3. The number of likely N-dealkylation sites (tertiary alicyclic amines) is 2. The Balaban J connectivity index is 1.70. The van der Waals surface area contributed by atoms with E-state index >= 15 is 0 Å². The lowest BCUT2D eigenvalue weighted by atomic mass is 9.84. The molecule has 16 heteroatoms. The number of aliphatic hydroxyl groups excluding tert-OH is 1. The first kappa shape index (κ1) is 44.6. The lowest BCUT2D eigenvalue weighted by Gasteiger charge is -2.38. The van der Waals surface area contributed by atoms with Crippen LogP contribution in [0.1, 0.15) is 117 Å². The molecule has 1 aliphatic carbocycles. The zero-order valence-corrected chi connectivity index (χ0v) is 32.4. The van der Waals surface area contributed by atoms with E-state index in [9.17, 15) is 38.7 Å². The zero-order chi connectivity index (χ0) is 39.8. The summed E-state index contributed by atoms with van der Waals surface area (Å²) >= 11 is 0. The molecular formula is C38H64N8O8. The third-order valence-electron chi connectivity index (χ3n) is 10.7. The van der Waals surface area contributed by atoms with Gasteiger partial charge in [-0.15, -0.1) is 0 Å². The second-order valence-electron chi connectivity index (χ2n) is 15.1. The van der Waals surface area contributed by atoms with E-state index in [1.54, 1.807) is 0 Å². The van der Waals surface area contributed by atoms with Gasteiger partial charge in [0.05, 0.1) is 6.10 Å². The Bertz CT molecular complexity index is 1290. The minimum Gasteiger partial charge on any atom is -0.391 e. The standard InChI is InChI=1S/C38H64N8O8/c1-5-20-40-36(52)32(25(3)47)44-35(51)31-18-13-22-45(31)37(53)24(2)41-34(50)30-17-10-12-21-46(30)38(54)28(16-9-11-19-39)43-33(49)29(42-26(4)48)23-27-14-7-6-8-15-27/h2,24-25,27-32,47H,5-23,39H2,1,3-4H3,(H,40,52)(H,41,50)(H,42,48)(H,43,49)(H,44,51)/t24-,25?,28-,29-,30-,31-,32-/m0/s1. The quantitative estimate of drug-likeness (QED) is 0.0880. The lowest BCUT2D eigenvalue weighted by molar-refractivity contribution is -0.147. The van der Waals surface area contributed by atoms with Gasteiger partial charge in [0.1, 0.15) is 36.3 Å². The number of hydrogen-bond acceptors (Lipinski definition) is 9. The Morgan fingerprint density at radius 1 is 0.759 bits per heavy atom. The van der Waals surface area contributed by atoms with Gasteiger partial charge in [0.2, 0.25) is 41.4 Å². The van der Waals surface area contributed by atoms with Crippen molar-refractivity contribution in [1.82, 2.24) is 36.4 Å². The number of unbranched alkanes of at least 4 members (excludes halogenated alkanes) is 1. The van der Waals surface area contributed by atoms with Crippen LogP contribution in [0.3, 0.4) is 0 Å². The summed E-state index contributed by atoms with van der Waals surface area (Å²) in [6.45, 7) is 12.1. The highest BCUT2D eigenvalue weighted by Crippen LogP contribution is 2.28. The average Bonchev–Trinajstić information content (AvgIpc) is 3.65. The molecule has 2 heterocycles. The molecule has 0 bridgehead atoms. The van der Waals surface area contributed by atoms with Crippen LogP contribution in [-0.2, 0) is 33.6 Å². The van der Waals surface area contributed by atoms with Gasteiger partial charge in [-0.2, -0.15) is 0 Å². The predicted octanol–water partition coefficient (Wildman–Crippen LogP) is 0.0351. The minimum atomic E-state index is -1.52. The first-order valence-electron chi connectivity index (χ1n) is 20.0. The molecular weight excluding hydrogens is 696 g/mol. The van der Waals surface area contributed by atoms with Crippen LogP contribution >= 0.6 is 0 Å². The van der Waals surface area contributed by atoms with Crippen LogP contribution in [-0.4, -0.2) is 125 Å². The number of nitrogens with one attached hydrogen (secondary N) is 5. The summed E-state index contributed by atoms with van der Waals surface area (Å²) in [5.74, 6) is -3.43. The van der Waals surface area contributed by atoms with Crippen molar-refractivity contribution in [3.8, 4) is 0 Å². The topological polar surface area (TPSA) is 232 Å². The zero-order valence-electron chi connectivity index (χ0n) is 32.4. The van der Waals surface area contributed by atoms with Gasteiger partial charge in [0.25, 0.3) is 0 Å². The van der Waals surface area contributed by atoms with Crippen molar-refractivity contribution in [2.24, 2.45) is 11.7 Å². The number of carbonyl (C=O) groups excluding carboxylic acids is 7. The highest BCUT2D eigenvalue weighted by Gasteiger charge is 2.41. The molecule has 16 nitrogen and oxygen atoms in total. The molecule has 1 unspecified atom stereocenters. The monoisotopic (exact) mass is 760 g/mol. The molecule has 3 aliphatic rings. The first-order chi connectivity index (χ1) is 25.8. The normalized spacial score (nSPS) is 21.9. The SMILES string of the molecule is [CH][C@H](NC(=O)[C@@H]1CCCCN1C(=O)[C@H](CCCCN)NC(=O)[C@H](CC1CCCCC1)NC(C)=O)C(=O)N1CCC[C@H]1C(=O)N[C@H](C(=O)NCCC)C(C)O. The molecule has 2 saturated heterocycles. The van der Waals surface area contributed by atoms with Crippen molar-refractivity contribution in [1.29, 1.82) is 0 Å². The number of nitrogens with two attached hydrogens (primary N) is 1. The van der Waals surface area contributed by atoms with Gasteiger partial charge in [-0.05, 0) is 90.5 Å². The molecule has 0 aromatic carbocycles. The fraction of sp³-hybridized carbons (Fsp3) is 0.789. The molecule has 304 valence electrons. The van der Waals surface area contributed by atoms with E-state index in [2.05, 4.69) is 26.6 Å². The Morgan fingerprint density at radius 2 is 1.37 bits per heavy atom. The Morgan fingerprint density at radius 3 is 2.00 bits per heavy atom. The van der Waals surface area contributed by atoms with Gasteiger partial charge < -0.3 is 47.2 Å². The summed E-state index contributed by atoms with van der Waals surface area (Å²) in [6.07, 6.45) is 9.04. The second-order valence-corrected chi connectivity index (χ2v) is 15.1. The third kappa shape index (κ3) is 13.2. The van der Waals surface area contributed by atoms with E-state index in [1.165, 1.54) is 23.6 Å². The maximum atomic E-state index is 14.2. The molecule has 0 spiro atoms. The predicted molar refractivity (Wildman–Crippen MR) is 201 cm³/mol. The fourth-order valence-corrected chi connectivity index (χ4v) is 7.73. The Hall–Kier alpha value is -3.79. The second kappa shape index (κ2) is 22.6. The van der Waals surface area contributed by atoms with Crippen LogP contribution in [0.5, 0.6) is 0 Å². The molecule has 0 aromatic heterocycles. The van der Waals surface area contributed by atoms with Crippen molar-refractivity contribution >= 4 is 41.4 Å². The van der Waals surface area contributed by atoms with Crippen molar-refractivity contribution in [2.75, 3.05) is 26.2 Å². The fourth-order valence-electron chi connectivity index (χ4n) is 7.73. The van der Waals surface area contributed by atoms with Crippen LogP contribution in [0.2, 0.25) is 0 Å². The molecule has 8 N–H and O–H groups in total. The molecule has 7 amide bonds. The lowest BCUT2D eigenvalue weighted by Crippen LogP contribution is -2.61. The van der Waals surface area contributed by atoms with Crippen LogP contribution < -0.4 is 32.3 Å². The largest absolute Gasteiger partial charge is 0.391 e. The number of aliphatic hydroxyl groups is 1. The summed E-state index contributed by atoms with van der Waals surface area (Å²) < 4.78 is 0. The molecule has 2 radical (unpaired) electrons. The number of carbonyl (C=O) groups is 7. The highest BCUT2D eigenvalue weighted by molar-refractivity contribution is 5.97. The average molecular weight is 761 g/mol. The van der Waals surface area contributed by atoms with E-state index < -0.39 is 77.8 Å². The number of piperidine rings is 1. The van der Waals surface area contributed by atoms with Crippen LogP contribution in [0, 0.1) is 12.8 Å². The maximum Gasteiger partial charge on any atom is 0.246 e. The number of hydrogen-bond donors (Lipinski definition) is 7. The van der Waals surface area contributed by atoms with Crippen LogP contribution in [0.15, 0.2) is 0 Å². The number of nitrogens with zero attached hydrogens (tertiary/aromatic N) is 2. The van der Waals surface area contributed by atoms with Gasteiger partial charge in [0, 0.05) is 26.6 Å². The van der Waals surface area contributed by atoms with Gasteiger partial charge in [-0.3, -0.25) is 33.6 Å². The minimum absolute atomic E-state index is 0.195. The third-order valence-corrected chi connectivity index (χ3v) is 10.7. The Kier molecular flexibility index (Phi) is 18.6. The summed E-state index contributed by atoms with van der Waals surface area (Å²) in [5.41, 5.74) is 5.73. The summed E-state index contributed by atoms with van der Waals surface area (Å²) in [6, 6.07) is -6.43. The van der Waals surface area contributed by atoms with Crippen molar-refractivity contribution < 1.29 is 38.7 Å². The van der Waals surface area contributed by atoms with E-state index in [1.807, 2.05) is 6.92 Å². The molecule has 3 fully saturated rings. The molecule has 1 saturated carbocycles. The van der Waals surface area contributed by atoms with Gasteiger partial charge in [-0.1, -0.05) is 39.0 Å². The molecule has 54 heavy (non-hydrogen) atoms. The van der Waals surface area contributed by atoms with Crippen LogP contribution in [0.25, 0.3) is 0 Å².